The van der Waals surface area contributed by atoms with E-state index in [4.69, 9.17) is 4.42 Å². The highest BCUT2D eigenvalue weighted by atomic mass is 16.3. The van der Waals surface area contributed by atoms with Crippen molar-refractivity contribution >= 4 is 17.3 Å². The maximum absolute atomic E-state index is 12.0. The van der Waals surface area contributed by atoms with Crippen molar-refractivity contribution in [3.8, 4) is 0 Å². The first-order valence-corrected chi connectivity index (χ1v) is 6.66. The summed E-state index contributed by atoms with van der Waals surface area (Å²) >= 11 is 0. The lowest BCUT2D eigenvalue weighted by molar-refractivity contribution is 0.0955. The zero-order chi connectivity index (χ0) is 15.4. The maximum atomic E-state index is 12.0. The third-order valence-corrected chi connectivity index (χ3v) is 3.07. The van der Waals surface area contributed by atoms with E-state index >= 15 is 0 Å². The number of hydrazone groups is 1. The zero-order valence-corrected chi connectivity index (χ0v) is 12.7. The lowest BCUT2D eigenvalue weighted by Crippen LogP contribution is -2.19. The van der Waals surface area contributed by atoms with Crippen molar-refractivity contribution in [3.63, 3.8) is 0 Å². The zero-order valence-electron chi connectivity index (χ0n) is 12.7. The fourth-order valence-corrected chi connectivity index (χ4v) is 1.79. The molecule has 2 aromatic rings. The number of hydrogen-bond donors (Lipinski definition) is 1. The van der Waals surface area contributed by atoms with Crippen LogP contribution in [0.2, 0.25) is 0 Å². The highest BCUT2D eigenvalue weighted by Gasteiger charge is 2.07. The molecule has 0 aliphatic rings. The van der Waals surface area contributed by atoms with Crippen LogP contribution in [0.5, 0.6) is 0 Å². The number of amides is 1. The van der Waals surface area contributed by atoms with Crippen LogP contribution >= 0.6 is 0 Å². The van der Waals surface area contributed by atoms with E-state index in [1.807, 2.05) is 50.2 Å². The van der Waals surface area contributed by atoms with Gasteiger partial charge < -0.3 is 9.32 Å². The van der Waals surface area contributed by atoms with E-state index < -0.39 is 0 Å². The molecule has 1 heterocycles. The number of aryl methyl sites for hydroxylation is 1. The Labute approximate surface area is 124 Å². The van der Waals surface area contributed by atoms with Gasteiger partial charge in [-0.3, -0.25) is 4.79 Å². The topological polar surface area (TPSA) is 57.8 Å². The molecule has 0 aliphatic heterocycles. The van der Waals surface area contributed by atoms with Gasteiger partial charge in [-0.1, -0.05) is 0 Å². The highest BCUT2D eigenvalue weighted by Crippen LogP contribution is 2.12. The number of anilines is 1. The molecular weight excluding hydrogens is 266 g/mol. The minimum Gasteiger partial charge on any atom is -0.460 e. The first kappa shape index (κ1) is 14.8. The monoisotopic (exact) mass is 285 g/mol. The summed E-state index contributed by atoms with van der Waals surface area (Å²) in [5.74, 6) is 1.21. The number of carbonyl (C=O) groups excluding carboxylic acids is 1. The summed E-state index contributed by atoms with van der Waals surface area (Å²) in [6.07, 6.45) is 0. The average Bonchev–Trinajstić information content (AvgIpc) is 2.91. The third kappa shape index (κ3) is 3.72. The van der Waals surface area contributed by atoms with Crippen molar-refractivity contribution in [2.24, 2.45) is 5.10 Å². The summed E-state index contributed by atoms with van der Waals surface area (Å²) in [6.45, 7) is 3.65. The van der Waals surface area contributed by atoms with Gasteiger partial charge in [0.15, 0.2) is 0 Å². The molecule has 0 atom stereocenters. The molecule has 5 heteroatoms. The largest absolute Gasteiger partial charge is 0.460 e. The Bertz CT molecular complexity index is 654. The van der Waals surface area contributed by atoms with Crippen LogP contribution in [0.15, 0.2) is 45.9 Å². The molecule has 0 saturated heterocycles. The van der Waals surface area contributed by atoms with Crippen LogP contribution in [0.3, 0.4) is 0 Å². The van der Waals surface area contributed by atoms with Crippen LogP contribution in [-0.4, -0.2) is 25.7 Å². The van der Waals surface area contributed by atoms with E-state index in [1.165, 1.54) is 0 Å². The normalized spacial score (nSPS) is 11.3. The number of furan rings is 1. The predicted molar refractivity (Wildman–Crippen MR) is 83.9 cm³/mol. The van der Waals surface area contributed by atoms with E-state index in [2.05, 4.69) is 10.5 Å². The minimum atomic E-state index is -0.247. The van der Waals surface area contributed by atoms with Gasteiger partial charge >= 0.3 is 0 Å². The fourth-order valence-electron chi connectivity index (χ4n) is 1.79. The van der Waals surface area contributed by atoms with Crippen LogP contribution in [0.4, 0.5) is 5.69 Å². The summed E-state index contributed by atoms with van der Waals surface area (Å²) < 4.78 is 5.44. The second-order valence-electron chi connectivity index (χ2n) is 4.99. The van der Waals surface area contributed by atoms with Gasteiger partial charge in [0, 0.05) is 25.3 Å². The Kier molecular flexibility index (Phi) is 4.42. The molecule has 110 valence electrons. The van der Waals surface area contributed by atoms with Crippen LogP contribution < -0.4 is 10.3 Å². The Morgan fingerprint density at radius 2 is 1.81 bits per heavy atom. The maximum Gasteiger partial charge on any atom is 0.271 e. The van der Waals surface area contributed by atoms with E-state index in [1.54, 1.807) is 19.1 Å². The molecule has 0 aliphatic carbocycles. The van der Waals surface area contributed by atoms with Gasteiger partial charge in [-0.2, -0.15) is 5.10 Å². The average molecular weight is 285 g/mol. The second kappa shape index (κ2) is 6.26. The highest BCUT2D eigenvalue weighted by molar-refractivity contribution is 5.99. The van der Waals surface area contributed by atoms with Gasteiger partial charge in [0.25, 0.3) is 5.91 Å². The lowest BCUT2D eigenvalue weighted by atomic mass is 10.2. The van der Waals surface area contributed by atoms with Crippen molar-refractivity contribution in [3.05, 3.63) is 53.5 Å². The molecule has 1 amide bonds. The summed E-state index contributed by atoms with van der Waals surface area (Å²) in [6, 6.07) is 11.0. The van der Waals surface area contributed by atoms with E-state index in [9.17, 15) is 4.79 Å². The number of nitrogens with zero attached hydrogens (tertiary/aromatic N) is 2. The SMILES string of the molecule is C/C(=N\NC(=O)c1ccc(N(C)C)cc1)c1ccc(C)o1. The Morgan fingerprint density at radius 1 is 1.14 bits per heavy atom. The number of rotatable bonds is 4. The van der Waals surface area contributed by atoms with Gasteiger partial charge in [-0.25, -0.2) is 5.43 Å². The Hall–Kier alpha value is -2.56. The number of benzene rings is 1. The fraction of sp³-hybridized carbons (Fsp3) is 0.250. The van der Waals surface area contributed by atoms with Gasteiger partial charge in [0.05, 0.1) is 0 Å². The molecule has 0 saturated carbocycles. The molecule has 1 aromatic carbocycles. The van der Waals surface area contributed by atoms with Gasteiger partial charge in [-0.15, -0.1) is 0 Å². The lowest BCUT2D eigenvalue weighted by Gasteiger charge is -2.12. The number of nitrogens with one attached hydrogen (secondary N) is 1. The minimum absolute atomic E-state index is 0.247. The van der Waals surface area contributed by atoms with Crippen molar-refractivity contribution in [2.45, 2.75) is 13.8 Å². The standard InChI is InChI=1S/C16H19N3O2/c1-11-5-10-15(21-11)12(2)17-18-16(20)13-6-8-14(9-7-13)19(3)4/h5-10H,1-4H3,(H,18,20)/b17-12+. The molecule has 5 nitrogen and oxygen atoms in total. The molecular formula is C16H19N3O2. The molecule has 1 aromatic heterocycles. The van der Waals surface area contributed by atoms with Crippen molar-refractivity contribution in [1.82, 2.24) is 5.43 Å². The quantitative estimate of drug-likeness (QED) is 0.694. The van der Waals surface area contributed by atoms with Crippen molar-refractivity contribution in [2.75, 3.05) is 19.0 Å². The molecule has 1 N–H and O–H groups in total. The molecule has 0 fully saturated rings. The molecule has 0 spiro atoms. The number of hydrogen-bond acceptors (Lipinski definition) is 4. The van der Waals surface area contributed by atoms with Crippen LogP contribution in [-0.2, 0) is 0 Å². The second-order valence-corrected chi connectivity index (χ2v) is 4.99. The first-order valence-electron chi connectivity index (χ1n) is 6.66. The van der Waals surface area contributed by atoms with Crippen LogP contribution in [0.25, 0.3) is 0 Å². The van der Waals surface area contributed by atoms with Gasteiger partial charge in [0.1, 0.15) is 17.2 Å². The Balaban J connectivity index is 2.04. The first-order chi connectivity index (χ1) is 9.97. The molecule has 2 rings (SSSR count). The molecule has 0 bridgehead atoms. The molecule has 0 unspecified atom stereocenters. The summed E-state index contributed by atoms with van der Waals surface area (Å²) in [5.41, 5.74) is 4.76. The molecule has 21 heavy (non-hydrogen) atoms. The summed E-state index contributed by atoms with van der Waals surface area (Å²) in [7, 11) is 3.90. The summed E-state index contributed by atoms with van der Waals surface area (Å²) in [5, 5.41) is 4.05. The van der Waals surface area contributed by atoms with Crippen molar-refractivity contribution < 1.29 is 9.21 Å². The molecule has 0 radical (unpaired) electrons. The van der Waals surface area contributed by atoms with Crippen molar-refractivity contribution in [1.29, 1.82) is 0 Å². The summed E-state index contributed by atoms with van der Waals surface area (Å²) in [4.78, 5) is 14.0. The van der Waals surface area contributed by atoms with Crippen LogP contribution in [0, 0.1) is 6.92 Å². The van der Waals surface area contributed by atoms with Crippen LogP contribution in [0.1, 0.15) is 28.8 Å². The number of carbonyl (C=O) groups is 1. The van der Waals surface area contributed by atoms with E-state index in [-0.39, 0.29) is 5.91 Å². The van der Waals surface area contributed by atoms with Gasteiger partial charge in [0.2, 0.25) is 0 Å². The third-order valence-electron chi connectivity index (χ3n) is 3.07. The van der Waals surface area contributed by atoms with E-state index in [0.29, 0.717) is 17.0 Å². The Morgan fingerprint density at radius 3 is 2.33 bits per heavy atom. The smallest absolute Gasteiger partial charge is 0.271 e. The predicted octanol–water partition coefficient (Wildman–Crippen LogP) is 2.81. The van der Waals surface area contributed by atoms with E-state index in [0.717, 1.165) is 11.4 Å². The van der Waals surface area contributed by atoms with Gasteiger partial charge in [-0.05, 0) is 50.2 Å².